The zero-order valence-corrected chi connectivity index (χ0v) is 8.55. The van der Waals surface area contributed by atoms with Gasteiger partial charge < -0.3 is 9.47 Å². The molecular weight excluding hydrogens is 170 g/mol. The monoisotopic (exact) mass is 182 g/mol. The second kappa shape index (κ2) is 4.37. The quantitative estimate of drug-likeness (QED) is 0.502. The first-order chi connectivity index (χ1) is 5.81. The first-order valence-electron chi connectivity index (χ1n) is 3.71. The van der Waals surface area contributed by atoms with Crippen molar-refractivity contribution in [2.24, 2.45) is 0 Å². The van der Waals surface area contributed by atoms with Crippen LogP contribution in [-0.2, 0) is 0 Å². The predicted molar refractivity (Wildman–Crippen MR) is 56.0 cm³/mol. The second-order valence-corrected chi connectivity index (χ2v) is 3.35. The van der Waals surface area contributed by atoms with Gasteiger partial charge in [-0.2, -0.15) is 0 Å². The van der Waals surface area contributed by atoms with E-state index in [4.69, 9.17) is 9.47 Å². The lowest BCUT2D eigenvalue weighted by molar-refractivity contribution is 0.396. The lowest BCUT2D eigenvalue weighted by Gasteiger charge is -2.08. The summed E-state index contributed by atoms with van der Waals surface area (Å²) >= 11 is 0. The van der Waals surface area contributed by atoms with Crippen molar-refractivity contribution in [1.82, 2.24) is 0 Å². The highest BCUT2D eigenvalue weighted by Gasteiger charge is 2.01. The van der Waals surface area contributed by atoms with Crippen molar-refractivity contribution >= 4 is 21.3 Å². The van der Waals surface area contributed by atoms with E-state index in [9.17, 15) is 0 Å². The zero-order chi connectivity index (χ0) is 8.97. The minimum atomic E-state index is 0.753. The van der Waals surface area contributed by atoms with Crippen LogP contribution in [0.15, 0.2) is 18.2 Å². The van der Waals surface area contributed by atoms with E-state index in [2.05, 4.69) is 7.57 Å². The Bertz CT molecular complexity index is 265. The third kappa shape index (κ3) is 1.92. The minimum absolute atomic E-state index is 0.753. The molecule has 0 aromatic heterocycles. The van der Waals surface area contributed by atoms with Crippen molar-refractivity contribution in [2.75, 3.05) is 14.2 Å². The van der Waals surface area contributed by atoms with Gasteiger partial charge in [-0.25, -0.2) is 0 Å². The molecule has 0 amide bonds. The molecule has 0 bridgehead atoms. The molecule has 1 aromatic rings. The summed E-state index contributed by atoms with van der Waals surface area (Å²) in [6.45, 7) is 0. The minimum Gasteiger partial charge on any atom is -0.497 e. The summed E-state index contributed by atoms with van der Waals surface area (Å²) < 4.78 is 10.3. The van der Waals surface area contributed by atoms with Crippen LogP contribution in [0.4, 0.5) is 0 Å². The third-order valence-electron chi connectivity index (χ3n) is 1.68. The Labute approximate surface area is 75.4 Å². The Balaban J connectivity index is 3.02. The molecule has 0 N–H and O–H groups in total. The van der Waals surface area contributed by atoms with Crippen molar-refractivity contribution in [3.63, 3.8) is 0 Å². The fourth-order valence-electron chi connectivity index (χ4n) is 1.01. The van der Waals surface area contributed by atoms with E-state index in [0.717, 1.165) is 20.0 Å². The number of methoxy groups -OCH3 is 2. The smallest absolute Gasteiger partial charge is 0.136 e. The molecule has 1 unspecified atom stereocenters. The van der Waals surface area contributed by atoms with Crippen LogP contribution in [0.5, 0.6) is 11.5 Å². The Hall–Kier alpha value is -0.685. The lowest BCUT2D eigenvalue weighted by Crippen LogP contribution is -2.00. The van der Waals surface area contributed by atoms with Crippen molar-refractivity contribution in [1.29, 1.82) is 0 Å². The van der Waals surface area contributed by atoms with Gasteiger partial charge in [0.2, 0.25) is 0 Å². The van der Waals surface area contributed by atoms with Crippen LogP contribution in [0, 0.1) is 0 Å². The van der Waals surface area contributed by atoms with E-state index >= 15 is 0 Å². The average Bonchev–Trinajstić information content (AvgIpc) is 2.16. The van der Waals surface area contributed by atoms with Crippen LogP contribution in [0.1, 0.15) is 0 Å². The molecule has 1 rings (SSSR count). The summed E-state index contributed by atoms with van der Waals surface area (Å²) in [5, 5.41) is 1.23. The molecule has 0 saturated heterocycles. The highest BCUT2D eigenvalue weighted by Crippen LogP contribution is 2.21. The molecule has 1 aromatic carbocycles. The Kier molecular flexibility index (Phi) is 3.42. The van der Waals surface area contributed by atoms with Gasteiger partial charge in [-0.15, -0.1) is 8.46 Å². The highest BCUT2D eigenvalue weighted by molar-refractivity contribution is 7.73. The average molecular weight is 182 g/mol. The van der Waals surface area contributed by atoms with Crippen LogP contribution < -0.4 is 14.8 Å². The van der Waals surface area contributed by atoms with Gasteiger partial charge in [0.1, 0.15) is 19.1 Å². The van der Waals surface area contributed by atoms with Gasteiger partial charge in [-0.3, -0.25) is 0 Å². The van der Waals surface area contributed by atoms with Gasteiger partial charge >= 0.3 is 0 Å². The summed E-state index contributed by atoms with van der Waals surface area (Å²) in [4.78, 5) is 0. The summed E-state index contributed by atoms with van der Waals surface area (Å²) in [7, 11) is 6.22. The maximum absolute atomic E-state index is 5.21. The molecular formula is C8H12BO2P. The van der Waals surface area contributed by atoms with Crippen molar-refractivity contribution in [2.45, 2.75) is 0 Å². The van der Waals surface area contributed by atoms with Crippen LogP contribution in [0.2, 0.25) is 0 Å². The van der Waals surface area contributed by atoms with Crippen molar-refractivity contribution in [3.8, 4) is 11.5 Å². The molecule has 0 saturated carbocycles. The van der Waals surface area contributed by atoms with Gasteiger partial charge in [-0.05, 0) is 12.1 Å². The Morgan fingerprint density at radius 3 is 2.50 bits per heavy atom. The van der Waals surface area contributed by atoms with Crippen LogP contribution in [-0.4, -0.2) is 21.8 Å². The first-order valence-corrected chi connectivity index (χ1v) is 5.21. The molecule has 0 radical (unpaired) electrons. The maximum Gasteiger partial charge on any atom is 0.136 e. The van der Waals surface area contributed by atoms with Gasteiger partial charge in [-0.1, -0.05) is 0 Å². The SMILES string of the molecule is BPc1ccc(OC)cc1OC. The molecule has 0 heterocycles. The predicted octanol–water partition coefficient (Wildman–Crippen LogP) is 0.556. The Morgan fingerprint density at radius 1 is 1.25 bits per heavy atom. The Morgan fingerprint density at radius 2 is 2.00 bits per heavy atom. The molecule has 0 spiro atoms. The summed E-state index contributed by atoms with van der Waals surface area (Å²) in [5.74, 6) is 1.75. The van der Waals surface area contributed by atoms with E-state index in [1.807, 2.05) is 18.2 Å². The van der Waals surface area contributed by atoms with Gasteiger partial charge in [0, 0.05) is 11.4 Å². The molecule has 0 fully saturated rings. The van der Waals surface area contributed by atoms with Crippen molar-refractivity contribution in [3.05, 3.63) is 18.2 Å². The normalized spacial score (nSPS) is 10.5. The number of benzene rings is 1. The zero-order valence-electron chi connectivity index (χ0n) is 7.55. The second-order valence-electron chi connectivity index (χ2n) is 2.32. The summed E-state index contributed by atoms with van der Waals surface area (Å²) in [6.07, 6.45) is 0. The molecule has 0 aliphatic heterocycles. The summed E-state index contributed by atoms with van der Waals surface area (Å²) in [5.41, 5.74) is 0. The number of rotatable bonds is 3. The van der Waals surface area contributed by atoms with E-state index in [-0.39, 0.29) is 0 Å². The van der Waals surface area contributed by atoms with Crippen LogP contribution in [0.3, 0.4) is 0 Å². The highest BCUT2D eigenvalue weighted by atomic mass is 31.1. The van der Waals surface area contributed by atoms with Crippen LogP contribution >= 0.6 is 8.46 Å². The van der Waals surface area contributed by atoms with Crippen LogP contribution in [0.25, 0.3) is 0 Å². The molecule has 0 aliphatic carbocycles. The van der Waals surface area contributed by atoms with Gasteiger partial charge in [0.25, 0.3) is 0 Å². The fourth-order valence-corrected chi connectivity index (χ4v) is 1.68. The molecule has 4 heteroatoms. The summed E-state index contributed by atoms with van der Waals surface area (Å²) in [6, 6.07) is 5.90. The maximum atomic E-state index is 5.21. The van der Waals surface area contributed by atoms with E-state index < -0.39 is 0 Å². The molecule has 12 heavy (non-hydrogen) atoms. The van der Waals surface area contributed by atoms with Gasteiger partial charge in [0.15, 0.2) is 0 Å². The number of hydrogen-bond donors (Lipinski definition) is 0. The first kappa shape index (κ1) is 9.40. The number of hydrogen-bond acceptors (Lipinski definition) is 2. The molecule has 64 valence electrons. The van der Waals surface area contributed by atoms with Crippen molar-refractivity contribution < 1.29 is 9.47 Å². The topological polar surface area (TPSA) is 18.5 Å². The standard InChI is InChI=1S/C8H12BO2P/c1-10-6-3-4-8(12-9)7(5-6)11-2/h3-5,12H,9H2,1-2H3. The fraction of sp³-hybridized carbons (Fsp3) is 0.250. The number of ether oxygens (including phenoxy) is 2. The van der Waals surface area contributed by atoms with E-state index in [1.165, 1.54) is 5.30 Å². The van der Waals surface area contributed by atoms with Gasteiger partial charge in [0.05, 0.1) is 14.2 Å². The molecule has 1 atom stereocenters. The third-order valence-corrected chi connectivity index (χ3v) is 2.63. The molecule has 0 aliphatic rings. The van der Waals surface area contributed by atoms with E-state index in [1.54, 1.807) is 14.2 Å². The van der Waals surface area contributed by atoms with E-state index in [0.29, 0.717) is 0 Å². The molecule has 2 nitrogen and oxygen atoms in total. The largest absolute Gasteiger partial charge is 0.497 e. The lowest BCUT2D eigenvalue weighted by atomic mass is 10.3.